The van der Waals surface area contributed by atoms with Crippen LogP contribution in [-0.4, -0.2) is 47.1 Å². The van der Waals surface area contributed by atoms with Crippen molar-refractivity contribution in [3.8, 4) is 79.5 Å². The monoisotopic (exact) mass is 1170 g/mol. The van der Waals surface area contributed by atoms with E-state index in [9.17, 15) is 0 Å². The summed E-state index contributed by atoms with van der Waals surface area (Å²) < 4.78 is 5.96. The average Bonchev–Trinajstić information content (AvgIpc) is 4.09. The summed E-state index contributed by atoms with van der Waals surface area (Å²) >= 11 is 18.9. The van der Waals surface area contributed by atoms with E-state index in [1.807, 2.05) is 133 Å². The van der Waals surface area contributed by atoms with Crippen LogP contribution in [0.5, 0.6) is 0 Å². The lowest BCUT2D eigenvalue weighted by atomic mass is 9.81. The van der Waals surface area contributed by atoms with Crippen LogP contribution in [0.15, 0.2) is 247 Å². The third kappa shape index (κ3) is 11.4. The van der Waals surface area contributed by atoms with Gasteiger partial charge in [-0.3, -0.25) is 0 Å². The van der Waals surface area contributed by atoms with Gasteiger partial charge in [0.25, 0.3) is 0 Å². The molecule has 0 saturated heterocycles. The lowest BCUT2D eigenvalue weighted by Gasteiger charge is -2.10. The number of halogens is 3. The van der Waals surface area contributed by atoms with Gasteiger partial charge in [0.05, 0.1) is 0 Å². The van der Waals surface area contributed by atoms with Crippen molar-refractivity contribution in [1.29, 1.82) is 0 Å². The van der Waals surface area contributed by atoms with Crippen LogP contribution in [0.25, 0.3) is 120 Å². The van der Waals surface area contributed by atoms with Gasteiger partial charge in [-0.1, -0.05) is 215 Å². The van der Waals surface area contributed by atoms with Crippen molar-refractivity contribution in [1.82, 2.24) is 29.9 Å². The van der Waals surface area contributed by atoms with E-state index in [-0.39, 0.29) is 0 Å². The van der Waals surface area contributed by atoms with Gasteiger partial charge in [0.15, 0.2) is 34.9 Å². The smallest absolute Gasteiger partial charge is 0.423 e. The summed E-state index contributed by atoms with van der Waals surface area (Å²) in [6.45, 7) is 0. The van der Waals surface area contributed by atoms with Crippen molar-refractivity contribution in [3.63, 3.8) is 0 Å². The molecule has 0 aliphatic rings. The van der Waals surface area contributed by atoms with E-state index in [0.29, 0.717) is 45.4 Å². The van der Waals surface area contributed by atoms with E-state index in [4.69, 9.17) is 63.2 Å². The SMILES string of the molecule is Brc1ccc2sc3cccc(-c4nc(-c5ccccc5)nc(-c5ccccc5)n4)c3c2c1.Clc1ccc(-c2ccc3sc4cccc(-c5nc(-c6ccccc6)nc(-c6ccccc6)n5)c4c3c2)cc1.OB(O)c1ccc(Cl)cc1. The number of rotatable bonds is 8. The van der Waals surface area contributed by atoms with Crippen molar-refractivity contribution < 1.29 is 10.0 Å². The summed E-state index contributed by atoms with van der Waals surface area (Å²) in [5.74, 6) is 4.02. The number of aromatic nitrogens is 6. The number of hydrogen-bond donors (Lipinski definition) is 2. The zero-order chi connectivity index (χ0) is 54.5. The van der Waals surface area contributed by atoms with Gasteiger partial charge in [0.2, 0.25) is 0 Å². The van der Waals surface area contributed by atoms with Crippen LogP contribution in [0.1, 0.15) is 0 Å². The van der Waals surface area contributed by atoms with Crippen LogP contribution in [0.4, 0.5) is 0 Å². The summed E-state index contributed by atoms with van der Waals surface area (Å²) in [5, 5.41) is 23.3. The molecule has 0 aliphatic carbocycles. The predicted molar refractivity (Wildman–Crippen MR) is 337 cm³/mol. The molecular weight excluding hydrogens is 1130 g/mol. The Bertz CT molecular complexity index is 4370. The minimum atomic E-state index is -1.41. The van der Waals surface area contributed by atoms with Crippen molar-refractivity contribution in [3.05, 3.63) is 257 Å². The van der Waals surface area contributed by atoms with E-state index in [2.05, 4.69) is 101 Å². The molecule has 2 N–H and O–H groups in total. The Morgan fingerprint density at radius 2 is 0.688 bits per heavy atom. The number of nitrogens with zero attached hydrogens (tertiary/aromatic N) is 6. The third-order valence-corrected chi connectivity index (χ3v) is 16.4. The van der Waals surface area contributed by atoms with Gasteiger partial charge in [0, 0.05) is 88.2 Å². The topological polar surface area (TPSA) is 118 Å². The fourth-order valence-electron chi connectivity index (χ4n) is 9.31. The van der Waals surface area contributed by atoms with Gasteiger partial charge in [-0.05, 0) is 83.3 Å². The van der Waals surface area contributed by atoms with Crippen molar-refractivity contribution >= 4 is 115 Å². The van der Waals surface area contributed by atoms with Crippen molar-refractivity contribution in [2.45, 2.75) is 0 Å². The zero-order valence-corrected chi connectivity index (χ0v) is 46.9. The molecule has 0 atom stereocenters. The maximum atomic E-state index is 8.63. The second-order valence-corrected chi connectivity index (χ2v) is 22.4. The fraction of sp³-hybridized carbons (Fsp3) is 0. The molecule has 4 aromatic heterocycles. The van der Waals surface area contributed by atoms with E-state index in [1.54, 1.807) is 46.9 Å². The van der Waals surface area contributed by atoms with E-state index < -0.39 is 7.12 Å². The minimum Gasteiger partial charge on any atom is -0.423 e. The molecular formula is C66H42BBrCl2N6O2S2. The van der Waals surface area contributed by atoms with E-state index in [0.717, 1.165) is 59.4 Å². The van der Waals surface area contributed by atoms with Crippen LogP contribution in [-0.2, 0) is 0 Å². The Labute approximate surface area is 487 Å². The molecule has 0 radical (unpaired) electrons. The zero-order valence-electron chi connectivity index (χ0n) is 42.2. The number of thiophene rings is 2. The molecule has 4 heterocycles. The first kappa shape index (κ1) is 52.4. The minimum absolute atomic E-state index is 0.449. The Morgan fingerprint density at radius 1 is 0.325 bits per heavy atom. The Balaban J connectivity index is 0.000000137. The second kappa shape index (κ2) is 23.6. The van der Waals surface area contributed by atoms with Gasteiger partial charge in [0.1, 0.15) is 0 Å². The molecule has 0 fully saturated rings. The van der Waals surface area contributed by atoms with Crippen LogP contribution in [0, 0.1) is 0 Å². The number of fused-ring (bicyclic) bond motifs is 6. The highest BCUT2D eigenvalue weighted by molar-refractivity contribution is 9.10. The summed E-state index contributed by atoms with van der Waals surface area (Å²) in [5.41, 5.74) is 8.60. The molecule has 14 aromatic rings. The van der Waals surface area contributed by atoms with Gasteiger partial charge in [-0.2, -0.15) is 0 Å². The first-order chi connectivity index (χ1) is 39.2. The summed E-state index contributed by atoms with van der Waals surface area (Å²) in [6.07, 6.45) is 0. The Morgan fingerprint density at radius 3 is 1.10 bits per heavy atom. The summed E-state index contributed by atoms with van der Waals surface area (Å²) in [4.78, 5) is 29.5. The maximum Gasteiger partial charge on any atom is 0.488 e. The second-order valence-electron chi connectivity index (χ2n) is 18.4. The summed E-state index contributed by atoms with van der Waals surface area (Å²) in [7, 11) is -1.41. The molecule has 0 bridgehead atoms. The molecule has 0 spiro atoms. The van der Waals surface area contributed by atoms with Crippen LogP contribution in [0.2, 0.25) is 10.0 Å². The molecule has 384 valence electrons. The van der Waals surface area contributed by atoms with Gasteiger partial charge >= 0.3 is 7.12 Å². The molecule has 0 amide bonds. The molecule has 10 aromatic carbocycles. The highest BCUT2D eigenvalue weighted by atomic mass is 79.9. The lowest BCUT2D eigenvalue weighted by Crippen LogP contribution is -2.29. The quantitative estimate of drug-likeness (QED) is 0.145. The average molecular weight is 1180 g/mol. The van der Waals surface area contributed by atoms with Crippen LogP contribution >= 0.6 is 61.8 Å². The molecule has 0 unspecified atom stereocenters. The van der Waals surface area contributed by atoms with Gasteiger partial charge in [-0.15, -0.1) is 22.7 Å². The normalized spacial score (nSPS) is 11.1. The number of benzene rings is 10. The fourth-order valence-corrected chi connectivity index (χ4v) is 12.2. The molecule has 0 aliphatic heterocycles. The first-order valence-electron chi connectivity index (χ1n) is 25.4. The van der Waals surface area contributed by atoms with Gasteiger partial charge < -0.3 is 10.0 Å². The van der Waals surface area contributed by atoms with Crippen LogP contribution < -0.4 is 5.46 Å². The van der Waals surface area contributed by atoms with Crippen LogP contribution in [0.3, 0.4) is 0 Å². The molecule has 14 rings (SSSR count). The molecule has 8 nitrogen and oxygen atoms in total. The van der Waals surface area contributed by atoms with Gasteiger partial charge in [-0.25, -0.2) is 29.9 Å². The van der Waals surface area contributed by atoms with Crippen molar-refractivity contribution in [2.75, 3.05) is 0 Å². The molecule has 0 saturated carbocycles. The van der Waals surface area contributed by atoms with E-state index in [1.165, 1.54) is 35.0 Å². The van der Waals surface area contributed by atoms with Crippen molar-refractivity contribution in [2.24, 2.45) is 0 Å². The first-order valence-corrected chi connectivity index (χ1v) is 28.6. The highest BCUT2D eigenvalue weighted by Gasteiger charge is 2.20. The summed E-state index contributed by atoms with van der Waals surface area (Å²) in [6, 6.07) is 80.4. The Kier molecular flexibility index (Phi) is 15.4. The predicted octanol–water partition coefficient (Wildman–Crippen LogP) is 17.6. The third-order valence-electron chi connectivity index (χ3n) is 13.2. The highest BCUT2D eigenvalue weighted by Crippen LogP contribution is 2.43. The molecule has 14 heteroatoms. The standard InChI is InChI=1S/C33H20ClN3S.C27H16BrN3S.C6H6BClO2/c34-25-17-14-21(15-18-25)24-16-19-28-27(20-24)30-26(12-7-13-29(30)38-28)33-36-31(22-8-3-1-4-9-22)35-32(37-33)23-10-5-2-6-11-23;28-19-14-15-22-21(16-19)24-20(12-7-13-23(24)32-22)27-30-25(17-8-3-1-4-9-17)29-26(31-27)18-10-5-2-6-11-18;8-6-3-1-5(2-4-6)7(9)10/h1-20H;1-16H;1-4,9-10H. The van der Waals surface area contributed by atoms with E-state index >= 15 is 0 Å². The Hall–Kier alpha value is -8.30. The molecule has 80 heavy (non-hydrogen) atoms. The largest absolute Gasteiger partial charge is 0.488 e. The number of hydrogen-bond acceptors (Lipinski definition) is 10. The lowest BCUT2D eigenvalue weighted by molar-refractivity contribution is 0.426. The maximum absolute atomic E-state index is 8.63.